The van der Waals surface area contributed by atoms with Crippen molar-refractivity contribution in [1.82, 2.24) is 4.90 Å². The highest BCUT2D eigenvalue weighted by Gasteiger charge is 2.35. The molecule has 3 nitrogen and oxygen atoms in total. The van der Waals surface area contributed by atoms with Gasteiger partial charge in [0, 0.05) is 28.7 Å². The number of nitrogens with two attached hydrogens (primary N) is 1. The van der Waals surface area contributed by atoms with Crippen molar-refractivity contribution in [2.75, 3.05) is 6.54 Å². The van der Waals surface area contributed by atoms with Crippen molar-refractivity contribution in [3.05, 3.63) is 58.0 Å². The molecule has 112 valence electrons. The number of rotatable bonds is 6. The fourth-order valence-electron chi connectivity index (χ4n) is 2.69. The third-order valence-corrected chi connectivity index (χ3v) is 4.45. The number of furan rings is 1. The number of hydrogen-bond donors (Lipinski definition) is 1. The lowest BCUT2D eigenvalue weighted by atomic mass is 10.0. The van der Waals surface area contributed by atoms with Crippen molar-refractivity contribution in [2.45, 2.75) is 31.5 Å². The van der Waals surface area contributed by atoms with Gasteiger partial charge in [-0.1, -0.05) is 23.2 Å². The summed E-state index contributed by atoms with van der Waals surface area (Å²) in [7, 11) is 0. The third-order valence-electron chi connectivity index (χ3n) is 3.88. The zero-order valence-corrected chi connectivity index (χ0v) is 13.1. The lowest BCUT2D eigenvalue weighted by Crippen LogP contribution is -2.35. The Labute approximate surface area is 134 Å². The summed E-state index contributed by atoms with van der Waals surface area (Å²) < 4.78 is 5.48. The van der Waals surface area contributed by atoms with E-state index in [4.69, 9.17) is 33.4 Å². The molecule has 5 heteroatoms. The molecule has 0 saturated heterocycles. The molecule has 1 aliphatic rings. The van der Waals surface area contributed by atoms with Crippen LogP contribution in [0, 0.1) is 0 Å². The molecule has 2 N–H and O–H groups in total. The molecule has 1 saturated carbocycles. The molecule has 2 aromatic rings. The zero-order valence-electron chi connectivity index (χ0n) is 11.6. The molecule has 21 heavy (non-hydrogen) atoms. The SMILES string of the molecule is NCC(c1cc(Cl)ccc1Cl)N(Cc1ccco1)C1CC1. The maximum absolute atomic E-state index is 6.36. The fourth-order valence-corrected chi connectivity index (χ4v) is 3.12. The van der Waals surface area contributed by atoms with E-state index in [-0.39, 0.29) is 6.04 Å². The van der Waals surface area contributed by atoms with E-state index < -0.39 is 0 Å². The van der Waals surface area contributed by atoms with Crippen LogP contribution >= 0.6 is 23.2 Å². The van der Waals surface area contributed by atoms with E-state index in [9.17, 15) is 0 Å². The Balaban J connectivity index is 1.89. The maximum atomic E-state index is 6.36. The second-order valence-electron chi connectivity index (χ2n) is 5.40. The van der Waals surface area contributed by atoms with E-state index in [1.807, 2.05) is 24.3 Å². The Kier molecular flexibility index (Phi) is 4.55. The van der Waals surface area contributed by atoms with Gasteiger partial charge in [0.25, 0.3) is 0 Å². The van der Waals surface area contributed by atoms with Crippen LogP contribution in [-0.2, 0) is 6.54 Å². The second-order valence-corrected chi connectivity index (χ2v) is 6.24. The van der Waals surface area contributed by atoms with Gasteiger partial charge >= 0.3 is 0 Å². The highest BCUT2D eigenvalue weighted by atomic mass is 35.5. The number of nitrogens with zero attached hydrogens (tertiary/aromatic N) is 1. The van der Waals surface area contributed by atoms with Gasteiger partial charge in [-0.25, -0.2) is 0 Å². The molecule has 0 spiro atoms. The van der Waals surface area contributed by atoms with Crippen molar-refractivity contribution in [3.8, 4) is 0 Å². The first-order chi connectivity index (χ1) is 10.2. The Morgan fingerprint density at radius 2 is 2.10 bits per heavy atom. The number of halogens is 2. The van der Waals surface area contributed by atoms with Gasteiger partial charge < -0.3 is 10.2 Å². The molecule has 0 bridgehead atoms. The minimum atomic E-state index is 0.0498. The smallest absolute Gasteiger partial charge is 0.117 e. The van der Waals surface area contributed by atoms with Crippen LogP contribution in [-0.4, -0.2) is 17.5 Å². The molecule has 1 aromatic carbocycles. The van der Waals surface area contributed by atoms with Gasteiger partial charge in [-0.3, -0.25) is 4.90 Å². The standard InChI is InChI=1S/C16H18Cl2N2O/c17-11-3-6-15(18)14(8-11)16(9-19)20(12-4-5-12)10-13-2-1-7-21-13/h1-3,6-8,12,16H,4-5,9-10,19H2. The first-order valence-electron chi connectivity index (χ1n) is 7.12. The van der Waals surface area contributed by atoms with Crippen LogP contribution in [0.1, 0.15) is 30.2 Å². The molecule has 1 atom stereocenters. The Morgan fingerprint density at radius 3 is 2.71 bits per heavy atom. The molecule has 1 fully saturated rings. The van der Waals surface area contributed by atoms with Crippen molar-refractivity contribution >= 4 is 23.2 Å². The third kappa shape index (κ3) is 3.43. The quantitative estimate of drug-likeness (QED) is 0.863. The summed E-state index contributed by atoms with van der Waals surface area (Å²) in [4.78, 5) is 2.37. The van der Waals surface area contributed by atoms with Crippen LogP contribution < -0.4 is 5.73 Å². The van der Waals surface area contributed by atoms with E-state index in [0.717, 1.165) is 17.9 Å². The van der Waals surface area contributed by atoms with Gasteiger partial charge in [0.15, 0.2) is 0 Å². The van der Waals surface area contributed by atoms with Gasteiger partial charge in [-0.2, -0.15) is 0 Å². The van der Waals surface area contributed by atoms with Gasteiger partial charge in [0.05, 0.1) is 12.8 Å². The Hall–Kier alpha value is -1.00. The molecular weight excluding hydrogens is 307 g/mol. The van der Waals surface area contributed by atoms with Crippen molar-refractivity contribution < 1.29 is 4.42 Å². The van der Waals surface area contributed by atoms with E-state index in [2.05, 4.69) is 4.90 Å². The lowest BCUT2D eigenvalue weighted by molar-refractivity contribution is 0.168. The summed E-state index contributed by atoms with van der Waals surface area (Å²) in [5, 5.41) is 1.39. The summed E-state index contributed by atoms with van der Waals surface area (Å²) in [6, 6.07) is 10.0. The topological polar surface area (TPSA) is 42.4 Å². The Bertz CT molecular complexity index is 596. The van der Waals surface area contributed by atoms with E-state index in [0.29, 0.717) is 22.6 Å². The summed E-state index contributed by atoms with van der Waals surface area (Å²) >= 11 is 12.5. The van der Waals surface area contributed by atoms with Crippen LogP contribution in [0.3, 0.4) is 0 Å². The molecule has 1 heterocycles. The van der Waals surface area contributed by atoms with Crippen LogP contribution in [0.4, 0.5) is 0 Å². The zero-order chi connectivity index (χ0) is 14.8. The molecule has 1 aliphatic carbocycles. The lowest BCUT2D eigenvalue weighted by Gasteiger charge is -2.31. The summed E-state index contributed by atoms with van der Waals surface area (Å²) in [6.45, 7) is 1.24. The van der Waals surface area contributed by atoms with E-state index in [1.165, 1.54) is 12.8 Å². The molecule has 3 rings (SSSR count). The number of hydrogen-bond acceptors (Lipinski definition) is 3. The van der Waals surface area contributed by atoms with Gasteiger partial charge in [0.2, 0.25) is 0 Å². The first-order valence-corrected chi connectivity index (χ1v) is 7.87. The van der Waals surface area contributed by atoms with Crippen LogP contribution in [0.2, 0.25) is 10.0 Å². The normalized spacial score (nSPS) is 16.4. The van der Waals surface area contributed by atoms with Crippen LogP contribution in [0.5, 0.6) is 0 Å². The molecule has 0 radical (unpaired) electrons. The second kappa shape index (κ2) is 6.41. The van der Waals surface area contributed by atoms with Crippen LogP contribution in [0.15, 0.2) is 41.0 Å². The highest BCUT2D eigenvalue weighted by Crippen LogP contribution is 2.38. The summed E-state index contributed by atoms with van der Waals surface area (Å²) in [5.74, 6) is 0.943. The predicted molar refractivity (Wildman–Crippen MR) is 85.5 cm³/mol. The van der Waals surface area contributed by atoms with Crippen molar-refractivity contribution in [3.63, 3.8) is 0 Å². The van der Waals surface area contributed by atoms with Gasteiger partial charge in [-0.15, -0.1) is 0 Å². The fraction of sp³-hybridized carbons (Fsp3) is 0.375. The molecule has 0 aliphatic heterocycles. The average molecular weight is 325 g/mol. The summed E-state index contributed by atoms with van der Waals surface area (Å²) in [6.07, 6.45) is 4.08. The predicted octanol–water partition coefficient (Wildman–Crippen LogP) is 4.25. The van der Waals surface area contributed by atoms with Crippen LogP contribution in [0.25, 0.3) is 0 Å². The molecular formula is C16H18Cl2N2O. The number of benzene rings is 1. The first kappa shape index (κ1) is 14.9. The minimum Gasteiger partial charge on any atom is -0.468 e. The molecule has 0 amide bonds. The van der Waals surface area contributed by atoms with Crippen molar-refractivity contribution in [2.24, 2.45) is 5.73 Å². The highest BCUT2D eigenvalue weighted by molar-refractivity contribution is 6.33. The van der Waals surface area contributed by atoms with E-state index >= 15 is 0 Å². The summed E-state index contributed by atoms with van der Waals surface area (Å²) in [5.41, 5.74) is 7.04. The van der Waals surface area contributed by atoms with Crippen molar-refractivity contribution in [1.29, 1.82) is 0 Å². The van der Waals surface area contributed by atoms with Gasteiger partial charge in [-0.05, 0) is 48.7 Å². The minimum absolute atomic E-state index is 0.0498. The van der Waals surface area contributed by atoms with Gasteiger partial charge in [0.1, 0.15) is 5.76 Å². The largest absolute Gasteiger partial charge is 0.468 e. The monoisotopic (exact) mass is 324 g/mol. The van der Waals surface area contributed by atoms with E-state index in [1.54, 1.807) is 12.3 Å². The Morgan fingerprint density at radius 1 is 1.29 bits per heavy atom. The average Bonchev–Trinajstić information content (AvgIpc) is 3.19. The molecule has 1 aromatic heterocycles. The molecule has 1 unspecified atom stereocenters. The maximum Gasteiger partial charge on any atom is 0.117 e.